The quantitative estimate of drug-likeness (QED) is 0.843. The third kappa shape index (κ3) is 3.84. The largest absolute Gasteiger partial charge is 0.396 e. The van der Waals surface area contributed by atoms with E-state index >= 15 is 0 Å². The lowest BCUT2D eigenvalue weighted by Crippen LogP contribution is -2.37. The Bertz CT molecular complexity index is 462. The molecule has 2 N–H and O–H groups in total. The topological polar surface area (TPSA) is 61.3 Å². The molecular formula is C16H28N4O. The number of piperidine rings is 1. The molecule has 5 nitrogen and oxygen atoms in total. The van der Waals surface area contributed by atoms with Gasteiger partial charge in [-0.15, -0.1) is 0 Å². The Morgan fingerprint density at radius 1 is 1.38 bits per heavy atom. The molecule has 1 aromatic heterocycles. The standard InChI is InChI=1S/C16H28N4O/c1-4-6-14-18-15(17-3)12(2)16(19-14)20-9-5-7-13(11-20)8-10-21/h13,21H,4-11H2,1-3H3,(H,17,18,19). The summed E-state index contributed by atoms with van der Waals surface area (Å²) in [6.07, 6.45) is 5.24. The van der Waals surface area contributed by atoms with Crippen LogP contribution >= 0.6 is 0 Å². The highest BCUT2D eigenvalue weighted by molar-refractivity contribution is 5.58. The van der Waals surface area contributed by atoms with Gasteiger partial charge in [0.2, 0.25) is 0 Å². The third-order valence-corrected chi connectivity index (χ3v) is 4.23. The van der Waals surface area contributed by atoms with Crippen LogP contribution in [0.1, 0.15) is 44.0 Å². The number of aliphatic hydroxyl groups excluding tert-OH is 1. The van der Waals surface area contributed by atoms with Crippen LogP contribution in [0.4, 0.5) is 11.6 Å². The van der Waals surface area contributed by atoms with E-state index in [-0.39, 0.29) is 6.61 Å². The average molecular weight is 292 g/mol. The molecule has 0 radical (unpaired) electrons. The summed E-state index contributed by atoms with van der Waals surface area (Å²) >= 11 is 0. The molecule has 0 aromatic carbocycles. The molecule has 1 aliphatic rings. The molecule has 0 amide bonds. The molecule has 2 heterocycles. The highest BCUT2D eigenvalue weighted by atomic mass is 16.3. The second kappa shape index (κ2) is 7.59. The molecule has 21 heavy (non-hydrogen) atoms. The third-order valence-electron chi connectivity index (χ3n) is 4.23. The zero-order valence-corrected chi connectivity index (χ0v) is 13.5. The number of nitrogens with zero attached hydrogens (tertiary/aromatic N) is 3. The fourth-order valence-electron chi connectivity index (χ4n) is 3.11. The molecule has 1 aliphatic heterocycles. The SMILES string of the molecule is CCCc1nc(NC)c(C)c(N2CCCC(CCO)C2)n1. The summed E-state index contributed by atoms with van der Waals surface area (Å²) < 4.78 is 0. The lowest BCUT2D eigenvalue weighted by molar-refractivity contribution is 0.244. The van der Waals surface area contributed by atoms with Gasteiger partial charge in [-0.2, -0.15) is 0 Å². The molecule has 0 spiro atoms. The van der Waals surface area contributed by atoms with Crippen molar-refractivity contribution < 1.29 is 5.11 Å². The highest BCUT2D eigenvalue weighted by Crippen LogP contribution is 2.29. The Morgan fingerprint density at radius 2 is 2.19 bits per heavy atom. The van der Waals surface area contributed by atoms with Gasteiger partial charge in [-0.25, -0.2) is 9.97 Å². The maximum atomic E-state index is 9.17. The first kappa shape index (κ1) is 16.0. The van der Waals surface area contributed by atoms with Crippen LogP contribution in [0.2, 0.25) is 0 Å². The molecular weight excluding hydrogens is 264 g/mol. The smallest absolute Gasteiger partial charge is 0.137 e. The fourth-order valence-corrected chi connectivity index (χ4v) is 3.11. The van der Waals surface area contributed by atoms with Crippen LogP contribution in [0.5, 0.6) is 0 Å². The van der Waals surface area contributed by atoms with E-state index in [1.807, 2.05) is 7.05 Å². The number of hydrogen-bond donors (Lipinski definition) is 2. The Hall–Kier alpha value is -1.36. The summed E-state index contributed by atoms with van der Waals surface area (Å²) in [6, 6.07) is 0. The van der Waals surface area contributed by atoms with Crippen molar-refractivity contribution >= 4 is 11.6 Å². The van der Waals surface area contributed by atoms with Gasteiger partial charge in [-0.1, -0.05) is 6.92 Å². The number of aliphatic hydroxyl groups is 1. The van der Waals surface area contributed by atoms with Crippen LogP contribution in [0.25, 0.3) is 0 Å². The van der Waals surface area contributed by atoms with E-state index in [2.05, 4.69) is 29.0 Å². The molecule has 2 rings (SSSR count). The summed E-state index contributed by atoms with van der Waals surface area (Å²) in [5.41, 5.74) is 1.13. The molecule has 0 saturated carbocycles. The number of aryl methyl sites for hydroxylation is 1. The lowest BCUT2D eigenvalue weighted by atomic mass is 9.95. The molecule has 1 atom stereocenters. The van der Waals surface area contributed by atoms with Gasteiger partial charge >= 0.3 is 0 Å². The summed E-state index contributed by atoms with van der Waals surface area (Å²) in [4.78, 5) is 11.8. The second-order valence-corrected chi connectivity index (χ2v) is 5.90. The maximum Gasteiger partial charge on any atom is 0.137 e. The second-order valence-electron chi connectivity index (χ2n) is 5.90. The Labute approximate surface area is 127 Å². The number of aromatic nitrogens is 2. The minimum absolute atomic E-state index is 0.282. The first-order chi connectivity index (χ1) is 10.2. The predicted molar refractivity (Wildman–Crippen MR) is 87.0 cm³/mol. The van der Waals surface area contributed by atoms with Crippen LogP contribution in [0.15, 0.2) is 0 Å². The molecule has 1 fully saturated rings. The van der Waals surface area contributed by atoms with E-state index in [0.717, 1.165) is 55.4 Å². The molecule has 118 valence electrons. The minimum Gasteiger partial charge on any atom is -0.396 e. The lowest BCUT2D eigenvalue weighted by Gasteiger charge is -2.34. The van der Waals surface area contributed by atoms with Crippen LogP contribution in [-0.4, -0.2) is 41.8 Å². The highest BCUT2D eigenvalue weighted by Gasteiger charge is 2.23. The van der Waals surface area contributed by atoms with Gasteiger partial charge < -0.3 is 15.3 Å². The van der Waals surface area contributed by atoms with E-state index < -0.39 is 0 Å². The van der Waals surface area contributed by atoms with Crippen molar-refractivity contribution in [3.63, 3.8) is 0 Å². The van der Waals surface area contributed by atoms with Gasteiger partial charge in [-0.3, -0.25) is 0 Å². The summed E-state index contributed by atoms with van der Waals surface area (Å²) in [5, 5.41) is 12.4. The molecule has 5 heteroatoms. The van der Waals surface area contributed by atoms with Crippen molar-refractivity contribution in [1.82, 2.24) is 9.97 Å². The summed E-state index contributed by atoms with van der Waals surface area (Å²) in [6.45, 7) is 6.57. The molecule has 0 bridgehead atoms. The average Bonchev–Trinajstić information content (AvgIpc) is 2.49. The number of rotatable bonds is 6. The van der Waals surface area contributed by atoms with Gasteiger partial charge in [0.1, 0.15) is 17.5 Å². The van der Waals surface area contributed by atoms with Crippen LogP contribution in [0, 0.1) is 12.8 Å². The molecule has 1 unspecified atom stereocenters. The van der Waals surface area contributed by atoms with Gasteiger partial charge in [0.15, 0.2) is 0 Å². The van der Waals surface area contributed by atoms with Gasteiger partial charge in [-0.05, 0) is 38.5 Å². The first-order valence-corrected chi connectivity index (χ1v) is 8.10. The van der Waals surface area contributed by atoms with Crippen molar-refractivity contribution in [2.45, 2.75) is 46.0 Å². The van der Waals surface area contributed by atoms with E-state index in [1.165, 1.54) is 12.8 Å². The molecule has 1 saturated heterocycles. The normalized spacial score (nSPS) is 18.9. The predicted octanol–water partition coefficient (Wildman–Crippen LogP) is 2.38. The van der Waals surface area contributed by atoms with Crippen molar-refractivity contribution in [3.8, 4) is 0 Å². The summed E-state index contributed by atoms with van der Waals surface area (Å²) in [5.74, 6) is 3.51. The minimum atomic E-state index is 0.282. The Morgan fingerprint density at radius 3 is 2.86 bits per heavy atom. The van der Waals surface area contributed by atoms with Crippen molar-refractivity contribution in [2.24, 2.45) is 5.92 Å². The number of hydrogen-bond acceptors (Lipinski definition) is 5. The van der Waals surface area contributed by atoms with Crippen LogP contribution in [0.3, 0.4) is 0 Å². The van der Waals surface area contributed by atoms with Gasteiger partial charge in [0.25, 0.3) is 0 Å². The molecule has 1 aromatic rings. The zero-order chi connectivity index (χ0) is 15.2. The fraction of sp³-hybridized carbons (Fsp3) is 0.750. The van der Waals surface area contributed by atoms with Crippen molar-refractivity contribution in [2.75, 3.05) is 37.0 Å². The van der Waals surface area contributed by atoms with E-state index in [4.69, 9.17) is 4.98 Å². The molecule has 0 aliphatic carbocycles. The number of nitrogens with one attached hydrogen (secondary N) is 1. The monoisotopic (exact) mass is 292 g/mol. The van der Waals surface area contributed by atoms with Crippen molar-refractivity contribution in [3.05, 3.63) is 11.4 Å². The number of anilines is 2. The Balaban J connectivity index is 2.26. The van der Waals surface area contributed by atoms with Gasteiger partial charge in [0, 0.05) is 38.7 Å². The Kier molecular flexibility index (Phi) is 5.79. The van der Waals surface area contributed by atoms with Crippen molar-refractivity contribution in [1.29, 1.82) is 0 Å². The zero-order valence-electron chi connectivity index (χ0n) is 13.5. The first-order valence-electron chi connectivity index (χ1n) is 8.10. The van der Waals surface area contributed by atoms with E-state index in [1.54, 1.807) is 0 Å². The summed E-state index contributed by atoms with van der Waals surface area (Å²) in [7, 11) is 1.92. The van der Waals surface area contributed by atoms with E-state index in [9.17, 15) is 5.11 Å². The van der Waals surface area contributed by atoms with E-state index in [0.29, 0.717) is 5.92 Å². The van der Waals surface area contributed by atoms with Gasteiger partial charge in [0.05, 0.1) is 0 Å². The maximum absolute atomic E-state index is 9.17. The van der Waals surface area contributed by atoms with Crippen LogP contribution in [-0.2, 0) is 6.42 Å². The van der Waals surface area contributed by atoms with Crippen LogP contribution < -0.4 is 10.2 Å².